The Labute approximate surface area is 149 Å². The third kappa shape index (κ3) is 3.22. The second-order valence-corrected chi connectivity index (χ2v) is 7.06. The van der Waals surface area contributed by atoms with Crippen LogP contribution in [0.25, 0.3) is 0 Å². The van der Waals surface area contributed by atoms with E-state index in [9.17, 15) is 35.4 Å². The molecule has 2 heterocycles. The summed E-state index contributed by atoms with van der Waals surface area (Å²) in [5.74, 6) is -2.49. The molecule has 1 saturated heterocycles. The van der Waals surface area contributed by atoms with Crippen LogP contribution in [0.15, 0.2) is 11.8 Å². The summed E-state index contributed by atoms with van der Waals surface area (Å²) < 4.78 is 16.3. The van der Waals surface area contributed by atoms with Crippen molar-refractivity contribution in [3.05, 3.63) is 11.8 Å². The summed E-state index contributed by atoms with van der Waals surface area (Å²) in [6, 6.07) is 0. The van der Waals surface area contributed by atoms with Crippen molar-refractivity contribution < 1.29 is 49.6 Å². The molecule has 26 heavy (non-hydrogen) atoms. The van der Waals surface area contributed by atoms with Gasteiger partial charge in [-0.3, -0.25) is 0 Å². The van der Waals surface area contributed by atoms with Crippen molar-refractivity contribution in [1.82, 2.24) is 0 Å². The Morgan fingerprint density at radius 2 is 1.88 bits per heavy atom. The average Bonchev–Trinajstić information content (AvgIpc) is 2.90. The highest BCUT2D eigenvalue weighted by Crippen LogP contribution is 2.47. The van der Waals surface area contributed by atoms with Crippen molar-refractivity contribution in [2.75, 3.05) is 6.61 Å². The summed E-state index contributed by atoms with van der Waals surface area (Å²) in [6.07, 6.45) is -7.71. The molecule has 1 unspecified atom stereocenters. The molecule has 0 amide bonds. The molecule has 0 aromatic heterocycles. The molecule has 10 nitrogen and oxygen atoms in total. The molecule has 6 N–H and O–H groups in total. The van der Waals surface area contributed by atoms with E-state index in [1.165, 1.54) is 0 Å². The third-order valence-corrected chi connectivity index (χ3v) is 5.58. The molecule has 0 radical (unpaired) electrons. The smallest absolute Gasteiger partial charge is 0.334 e. The first-order valence-corrected chi connectivity index (χ1v) is 8.49. The average molecular weight is 376 g/mol. The monoisotopic (exact) mass is 376 g/mol. The molecule has 0 bridgehead atoms. The Bertz CT molecular complexity index is 563. The number of aliphatic hydroxyl groups is 5. The lowest BCUT2D eigenvalue weighted by molar-refractivity contribution is -0.342. The van der Waals surface area contributed by atoms with E-state index in [0.717, 1.165) is 6.26 Å². The zero-order valence-corrected chi connectivity index (χ0v) is 14.1. The van der Waals surface area contributed by atoms with Crippen molar-refractivity contribution in [3.8, 4) is 0 Å². The molecule has 3 aliphatic rings. The van der Waals surface area contributed by atoms with Gasteiger partial charge in [0.25, 0.3) is 0 Å². The number of ether oxygens (including phenoxy) is 3. The largest absolute Gasteiger partial charge is 0.478 e. The van der Waals surface area contributed by atoms with Gasteiger partial charge in [-0.2, -0.15) is 0 Å². The van der Waals surface area contributed by atoms with Crippen LogP contribution in [0.1, 0.15) is 13.3 Å². The number of fused-ring (bicyclic) bond motifs is 1. The summed E-state index contributed by atoms with van der Waals surface area (Å²) in [5, 5.41) is 58.5. The minimum absolute atomic E-state index is 0.0343. The first-order valence-electron chi connectivity index (χ1n) is 8.49. The van der Waals surface area contributed by atoms with Gasteiger partial charge in [0.15, 0.2) is 6.29 Å². The van der Waals surface area contributed by atoms with E-state index in [1.54, 1.807) is 6.92 Å². The standard InChI is InChI=1S/C16H24O10/c1-5-8(18)2-6-7(14(22)23)4-24-15(10(5)6)26-16-13(21)12(20)11(19)9(3-17)25-16/h4-6,8-13,15-21H,2-3H2,1H3,(H,22,23)/t5-,6+,8-,9+,10?,11+,12-,13+,15-,16-/m0/s1. The van der Waals surface area contributed by atoms with E-state index in [1.807, 2.05) is 0 Å². The molecule has 1 saturated carbocycles. The van der Waals surface area contributed by atoms with Crippen molar-refractivity contribution in [2.45, 2.75) is 56.4 Å². The Morgan fingerprint density at radius 3 is 2.50 bits per heavy atom. The number of carbonyl (C=O) groups is 1. The summed E-state index contributed by atoms with van der Waals surface area (Å²) >= 11 is 0. The highest BCUT2D eigenvalue weighted by Gasteiger charge is 2.53. The first-order chi connectivity index (χ1) is 12.3. The fourth-order valence-corrected chi connectivity index (χ4v) is 3.99. The maximum atomic E-state index is 11.4. The second-order valence-electron chi connectivity index (χ2n) is 7.06. The van der Waals surface area contributed by atoms with E-state index < -0.39 is 67.5 Å². The van der Waals surface area contributed by atoms with E-state index in [0.29, 0.717) is 0 Å². The Balaban J connectivity index is 1.79. The van der Waals surface area contributed by atoms with Gasteiger partial charge >= 0.3 is 5.97 Å². The molecule has 2 aliphatic heterocycles. The lowest BCUT2D eigenvalue weighted by atomic mass is 9.83. The van der Waals surface area contributed by atoms with Gasteiger partial charge in [0.1, 0.15) is 24.4 Å². The molecule has 3 rings (SSSR count). The fraction of sp³-hybridized carbons (Fsp3) is 0.812. The number of aliphatic hydroxyl groups excluding tert-OH is 5. The zero-order chi connectivity index (χ0) is 19.2. The Kier molecular flexibility index (Phi) is 5.54. The number of hydrogen-bond donors (Lipinski definition) is 6. The van der Waals surface area contributed by atoms with Gasteiger partial charge in [0.2, 0.25) is 6.29 Å². The topological polar surface area (TPSA) is 166 Å². The van der Waals surface area contributed by atoms with Gasteiger partial charge in [-0.05, 0) is 12.3 Å². The molecule has 0 aromatic rings. The van der Waals surface area contributed by atoms with Crippen LogP contribution in [-0.2, 0) is 19.0 Å². The number of hydrogen-bond acceptors (Lipinski definition) is 9. The van der Waals surface area contributed by atoms with E-state index in [4.69, 9.17) is 14.2 Å². The molecule has 10 atom stereocenters. The molecule has 0 spiro atoms. The van der Waals surface area contributed by atoms with Gasteiger partial charge in [-0.25, -0.2) is 4.79 Å². The van der Waals surface area contributed by atoms with Crippen LogP contribution in [0.2, 0.25) is 0 Å². The normalized spacial score (nSPS) is 48.5. The second kappa shape index (κ2) is 7.39. The Morgan fingerprint density at radius 1 is 1.19 bits per heavy atom. The predicted molar refractivity (Wildman–Crippen MR) is 82.2 cm³/mol. The van der Waals surface area contributed by atoms with Crippen LogP contribution in [0.3, 0.4) is 0 Å². The molecule has 1 aliphatic carbocycles. The van der Waals surface area contributed by atoms with Crippen LogP contribution < -0.4 is 0 Å². The number of rotatable bonds is 4. The summed E-state index contributed by atoms with van der Waals surface area (Å²) in [4.78, 5) is 11.4. The first kappa shape index (κ1) is 19.5. The zero-order valence-electron chi connectivity index (χ0n) is 14.1. The van der Waals surface area contributed by atoms with Crippen LogP contribution in [0.4, 0.5) is 0 Å². The summed E-state index contributed by atoms with van der Waals surface area (Å²) in [6.45, 7) is 1.15. The molecule has 2 fully saturated rings. The van der Waals surface area contributed by atoms with Crippen molar-refractivity contribution in [3.63, 3.8) is 0 Å². The van der Waals surface area contributed by atoms with Crippen LogP contribution in [-0.4, -0.2) is 86.3 Å². The maximum Gasteiger partial charge on any atom is 0.334 e. The lowest BCUT2D eigenvalue weighted by Gasteiger charge is -2.43. The van der Waals surface area contributed by atoms with Gasteiger partial charge < -0.3 is 44.8 Å². The van der Waals surface area contributed by atoms with Crippen molar-refractivity contribution in [2.24, 2.45) is 17.8 Å². The number of aliphatic carboxylic acids is 1. The minimum atomic E-state index is -1.60. The summed E-state index contributed by atoms with van der Waals surface area (Å²) in [7, 11) is 0. The highest BCUT2D eigenvalue weighted by atomic mass is 16.8. The molecular weight excluding hydrogens is 352 g/mol. The van der Waals surface area contributed by atoms with Crippen molar-refractivity contribution >= 4 is 5.97 Å². The highest BCUT2D eigenvalue weighted by molar-refractivity contribution is 5.87. The lowest BCUT2D eigenvalue weighted by Crippen LogP contribution is -2.60. The molecular formula is C16H24O10. The van der Waals surface area contributed by atoms with Gasteiger partial charge in [0.05, 0.1) is 24.5 Å². The SMILES string of the molecule is C[C@@H]1C2[C@H](O[C@@H]3O[C@H](CO)[C@@H](O)[C@H](O)[C@H]3O)OC=C(C(=O)O)[C@H]2C[C@@H]1O. The summed E-state index contributed by atoms with van der Waals surface area (Å²) in [5.41, 5.74) is 0.0343. The van der Waals surface area contributed by atoms with E-state index in [-0.39, 0.29) is 17.9 Å². The number of carboxylic acid groups (broad SMARTS) is 1. The maximum absolute atomic E-state index is 11.4. The minimum Gasteiger partial charge on any atom is -0.478 e. The van der Waals surface area contributed by atoms with Gasteiger partial charge in [0, 0.05) is 11.8 Å². The fourth-order valence-electron chi connectivity index (χ4n) is 3.99. The predicted octanol–water partition coefficient (Wildman–Crippen LogP) is -2.24. The third-order valence-electron chi connectivity index (χ3n) is 5.58. The quantitative estimate of drug-likeness (QED) is 0.316. The van der Waals surface area contributed by atoms with Crippen molar-refractivity contribution in [1.29, 1.82) is 0 Å². The molecule has 0 aromatic carbocycles. The van der Waals surface area contributed by atoms with Crippen LogP contribution in [0.5, 0.6) is 0 Å². The van der Waals surface area contributed by atoms with E-state index in [2.05, 4.69) is 0 Å². The van der Waals surface area contributed by atoms with Crippen LogP contribution in [0, 0.1) is 17.8 Å². The van der Waals surface area contributed by atoms with E-state index >= 15 is 0 Å². The van der Waals surface area contributed by atoms with Gasteiger partial charge in [-0.15, -0.1) is 0 Å². The molecule has 148 valence electrons. The molecule has 10 heteroatoms. The number of carboxylic acids is 1. The Hall–Kier alpha value is -1.27. The van der Waals surface area contributed by atoms with Gasteiger partial charge in [-0.1, -0.05) is 6.92 Å². The van der Waals surface area contributed by atoms with Crippen LogP contribution >= 0.6 is 0 Å².